The van der Waals surface area contributed by atoms with E-state index in [1.54, 1.807) is 12.4 Å². The van der Waals surface area contributed by atoms with Crippen molar-refractivity contribution in [1.82, 2.24) is 4.98 Å². The molecule has 0 saturated heterocycles. The minimum Gasteiger partial charge on any atom is -0.490 e. The van der Waals surface area contributed by atoms with E-state index < -0.39 is 0 Å². The first-order valence-electron chi connectivity index (χ1n) is 7.30. The van der Waals surface area contributed by atoms with Crippen LogP contribution in [-0.4, -0.2) is 17.6 Å². The number of nitrogens with two attached hydrogens (primary N) is 1. The zero-order valence-electron chi connectivity index (χ0n) is 12.5. The molecule has 0 aliphatic carbocycles. The van der Waals surface area contributed by atoms with Crippen molar-refractivity contribution >= 4 is 0 Å². The molecule has 4 heteroatoms. The minimum absolute atomic E-state index is 0.0953. The first-order chi connectivity index (χ1) is 10.3. The lowest BCUT2D eigenvalue weighted by atomic mass is 10.0. The molecule has 0 aliphatic rings. The highest BCUT2D eigenvalue weighted by molar-refractivity contribution is 5.40. The van der Waals surface area contributed by atoms with Crippen LogP contribution in [0.15, 0.2) is 48.8 Å². The molecule has 2 aromatic rings. The lowest BCUT2D eigenvalue weighted by Crippen LogP contribution is -2.31. The monoisotopic (exact) mass is 286 g/mol. The standard InChI is InChI=1S/C17H22N2O2/c1-3-14(18)17(13-9-11-19-12-10-13)21-16-8-6-5-7-15(16)20-4-2/h5-12,14,17H,3-4,18H2,1-2H3. The van der Waals surface area contributed by atoms with Gasteiger partial charge in [0.15, 0.2) is 11.5 Å². The Hall–Kier alpha value is -2.07. The largest absolute Gasteiger partial charge is 0.490 e. The Kier molecular flexibility index (Phi) is 5.58. The summed E-state index contributed by atoms with van der Waals surface area (Å²) in [4.78, 5) is 4.05. The molecule has 0 saturated carbocycles. The van der Waals surface area contributed by atoms with Crippen molar-refractivity contribution in [1.29, 1.82) is 0 Å². The molecule has 0 bridgehead atoms. The van der Waals surface area contributed by atoms with E-state index in [-0.39, 0.29) is 12.1 Å². The molecule has 0 spiro atoms. The second-order valence-corrected chi connectivity index (χ2v) is 4.77. The predicted octanol–water partition coefficient (Wildman–Crippen LogP) is 3.34. The zero-order valence-corrected chi connectivity index (χ0v) is 12.5. The summed E-state index contributed by atoms with van der Waals surface area (Å²) in [5.41, 5.74) is 7.25. The topological polar surface area (TPSA) is 57.4 Å². The maximum atomic E-state index is 6.23. The average Bonchev–Trinajstić information content (AvgIpc) is 2.54. The Morgan fingerprint density at radius 1 is 1.05 bits per heavy atom. The van der Waals surface area contributed by atoms with Gasteiger partial charge in [0.1, 0.15) is 6.10 Å². The van der Waals surface area contributed by atoms with E-state index in [2.05, 4.69) is 11.9 Å². The predicted molar refractivity (Wildman–Crippen MR) is 83.5 cm³/mol. The number of para-hydroxylation sites is 2. The fourth-order valence-electron chi connectivity index (χ4n) is 2.13. The molecule has 2 atom stereocenters. The van der Waals surface area contributed by atoms with E-state index in [4.69, 9.17) is 15.2 Å². The lowest BCUT2D eigenvalue weighted by molar-refractivity contribution is 0.162. The molecular weight excluding hydrogens is 264 g/mol. The highest BCUT2D eigenvalue weighted by Crippen LogP contribution is 2.32. The molecule has 0 fully saturated rings. The van der Waals surface area contributed by atoms with Crippen LogP contribution in [-0.2, 0) is 0 Å². The highest BCUT2D eigenvalue weighted by Gasteiger charge is 2.21. The van der Waals surface area contributed by atoms with E-state index in [1.807, 2.05) is 43.3 Å². The van der Waals surface area contributed by atoms with Crippen molar-refractivity contribution < 1.29 is 9.47 Å². The molecule has 0 amide bonds. The van der Waals surface area contributed by atoms with Crippen LogP contribution in [0.5, 0.6) is 11.5 Å². The van der Waals surface area contributed by atoms with Gasteiger partial charge in [-0.1, -0.05) is 19.1 Å². The van der Waals surface area contributed by atoms with Crippen LogP contribution < -0.4 is 15.2 Å². The number of benzene rings is 1. The fourth-order valence-corrected chi connectivity index (χ4v) is 2.13. The van der Waals surface area contributed by atoms with Crippen LogP contribution in [0.25, 0.3) is 0 Å². The van der Waals surface area contributed by atoms with Gasteiger partial charge in [-0.3, -0.25) is 4.98 Å². The van der Waals surface area contributed by atoms with E-state index >= 15 is 0 Å². The van der Waals surface area contributed by atoms with Gasteiger partial charge in [-0.05, 0) is 43.2 Å². The summed E-state index contributed by atoms with van der Waals surface area (Å²) in [5, 5.41) is 0. The van der Waals surface area contributed by atoms with Gasteiger partial charge in [0.25, 0.3) is 0 Å². The fraction of sp³-hybridized carbons (Fsp3) is 0.353. The van der Waals surface area contributed by atoms with Crippen molar-refractivity contribution in [2.24, 2.45) is 5.73 Å². The summed E-state index contributed by atoms with van der Waals surface area (Å²) in [6, 6.07) is 11.4. The normalized spacial score (nSPS) is 13.5. The number of rotatable bonds is 7. The van der Waals surface area contributed by atoms with Gasteiger partial charge < -0.3 is 15.2 Å². The Morgan fingerprint density at radius 3 is 2.33 bits per heavy atom. The van der Waals surface area contributed by atoms with Crippen molar-refractivity contribution in [3.05, 3.63) is 54.4 Å². The average molecular weight is 286 g/mol. The van der Waals surface area contributed by atoms with Crippen LogP contribution in [0.4, 0.5) is 0 Å². The van der Waals surface area contributed by atoms with Gasteiger partial charge in [-0.25, -0.2) is 0 Å². The van der Waals surface area contributed by atoms with Gasteiger partial charge >= 0.3 is 0 Å². The number of nitrogens with zero attached hydrogens (tertiary/aromatic N) is 1. The van der Waals surface area contributed by atoms with Crippen molar-refractivity contribution in [2.45, 2.75) is 32.4 Å². The second-order valence-electron chi connectivity index (χ2n) is 4.77. The number of ether oxygens (including phenoxy) is 2. The Morgan fingerprint density at radius 2 is 1.71 bits per heavy atom. The third-order valence-corrected chi connectivity index (χ3v) is 3.30. The molecule has 4 nitrogen and oxygen atoms in total. The Bertz CT molecular complexity index is 545. The molecule has 21 heavy (non-hydrogen) atoms. The van der Waals surface area contributed by atoms with Crippen molar-refractivity contribution in [3.63, 3.8) is 0 Å². The molecule has 112 valence electrons. The van der Waals surface area contributed by atoms with Gasteiger partial charge in [-0.15, -0.1) is 0 Å². The van der Waals surface area contributed by atoms with E-state index in [1.165, 1.54) is 0 Å². The van der Waals surface area contributed by atoms with E-state index in [0.29, 0.717) is 12.4 Å². The van der Waals surface area contributed by atoms with Crippen LogP contribution >= 0.6 is 0 Å². The molecule has 2 unspecified atom stereocenters. The molecule has 1 heterocycles. The summed E-state index contributed by atoms with van der Waals surface area (Å²) in [6.45, 7) is 4.60. The van der Waals surface area contributed by atoms with Crippen molar-refractivity contribution in [2.75, 3.05) is 6.61 Å². The highest BCUT2D eigenvalue weighted by atomic mass is 16.5. The molecule has 2 rings (SSSR count). The molecular formula is C17H22N2O2. The maximum absolute atomic E-state index is 6.23. The number of hydrogen-bond donors (Lipinski definition) is 1. The molecule has 1 aromatic carbocycles. The van der Waals surface area contributed by atoms with Crippen LogP contribution in [0.1, 0.15) is 31.9 Å². The van der Waals surface area contributed by atoms with Gasteiger partial charge in [0.2, 0.25) is 0 Å². The third kappa shape index (κ3) is 3.95. The summed E-state index contributed by atoms with van der Waals surface area (Å²) < 4.78 is 11.8. The molecule has 0 aliphatic heterocycles. The van der Waals surface area contributed by atoms with Crippen molar-refractivity contribution in [3.8, 4) is 11.5 Å². The van der Waals surface area contributed by atoms with E-state index in [0.717, 1.165) is 17.7 Å². The van der Waals surface area contributed by atoms with Crippen LogP contribution in [0, 0.1) is 0 Å². The lowest BCUT2D eigenvalue weighted by Gasteiger charge is -2.25. The first kappa shape index (κ1) is 15.3. The molecule has 1 aromatic heterocycles. The second kappa shape index (κ2) is 7.64. The molecule has 0 radical (unpaired) electrons. The SMILES string of the molecule is CCOc1ccccc1OC(c1ccncc1)C(N)CC. The van der Waals surface area contributed by atoms with Gasteiger partial charge in [0, 0.05) is 18.4 Å². The van der Waals surface area contributed by atoms with Crippen LogP contribution in [0.2, 0.25) is 0 Å². The maximum Gasteiger partial charge on any atom is 0.162 e. The van der Waals surface area contributed by atoms with Gasteiger partial charge in [0.05, 0.1) is 6.61 Å². The summed E-state index contributed by atoms with van der Waals surface area (Å²) in [7, 11) is 0. The number of aromatic nitrogens is 1. The zero-order chi connectivity index (χ0) is 15.1. The summed E-state index contributed by atoms with van der Waals surface area (Å²) in [5.74, 6) is 1.45. The Labute approximate surface area is 125 Å². The summed E-state index contributed by atoms with van der Waals surface area (Å²) >= 11 is 0. The quantitative estimate of drug-likeness (QED) is 0.848. The Balaban J connectivity index is 2.27. The summed E-state index contributed by atoms with van der Waals surface area (Å²) in [6.07, 6.45) is 4.11. The minimum atomic E-state index is -0.223. The number of hydrogen-bond acceptors (Lipinski definition) is 4. The molecule has 2 N–H and O–H groups in total. The van der Waals surface area contributed by atoms with E-state index in [9.17, 15) is 0 Å². The first-order valence-corrected chi connectivity index (χ1v) is 7.30. The van der Waals surface area contributed by atoms with Gasteiger partial charge in [-0.2, -0.15) is 0 Å². The smallest absolute Gasteiger partial charge is 0.162 e. The van der Waals surface area contributed by atoms with Crippen LogP contribution in [0.3, 0.4) is 0 Å². The number of pyridine rings is 1. The third-order valence-electron chi connectivity index (χ3n) is 3.30.